The van der Waals surface area contributed by atoms with E-state index >= 15 is 0 Å². The average Bonchev–Trinajstić information content (AvgIpc) is 2.45. The van der Waals surface area contributed by atoms with Crippen LogP contribution >= 0.6 is 0 Å². The molecule has 1 aromatic carbocycles. The van der Waals surface area contributed by atoms with E-state index in [2.05, 4.69) is 42.6 Å². The van der Waals surface area contributed by atoms with Gasteiger partial charge in [0.25, 0.3) is 0 Å². The second-order valence-corrected chi connectivity index (χ2v) is 5.88. The number of hydrogen-bond donors (Lipinski definition) is 2. The minimum Gasteiger partial charge on any atom is -0.380 e. The van der Waals surface area contributed by atoms with Gasteiger partial charge in [0.2, 0.25) is 0 Å². The Morgan fingerprint density at radius 3 is 2.84 bits per heavy atom. The maximum Gasteiger partial charge on any atom is 0.0645 e. The van der Waals surface area contributed by atoms with Gasteiger partial charge in [-0.3, -0.25) is 0 Å². The molecule has 0 amide bonds. The highest BCUT2D eigenvalue weighted by Gasteiger charge is 2.27. The van der Waals surface area contributed by atoms with Gasteiger partial charge < -0.3 is 15.8 Å². The van der Waals surface area contributed by atoms with Crippen LogP contribution in [0, 0.1) is 0 Å². The summed E-state index contributed by atoms with van der Waals surface area (Å²) in [7, 11) is 0. The summed E-state index contributed by atoms with van der Waals surface area (Å²) in [5.41, 5.74) is 7.67. The first-order valence-corrected chi connectivity index (χ1v) is 7.30. The lowest BCUT2D eigenvalue weighted by atomic mass is 9.94. The van der Waals surface area contributed by atoms with Gasteiger partial charge in [-0.25, -0.2) is 0 Å². The molecule has 2 unspecified atom stereocenters. The first kappa shape index (κ1) is 14.5. The van der Waals surface area contributed by atoms with E-state index < -0.39 is 0 Å². The third kappa shape index (κ3) is 4.94. The monoisotopic (exact) mass is 262 g/mol. The molecule has 3 heteroatoms. The molecule has 1 aliphatic rings. The van der Waals surface area contributed by atoms with Gasteiger partial charge in [0.05, 0.1) is 6.61 Å². The second-order valence-electron chi connectivity index (χ2n) is 5.88. The van der Waals surface area contributed by atoms with E-state index in [1.165, 1.54) is 12.0 Å². The summed E-state index contributed by atoms with van der Waals surface area (Å²) < 4.78 is 5.54. The summed E-state index contributed by atoms with van der Waals surface area (Å²) in [6.07, 6.45) is 4.39. The Morgan fingerprint density at radius 1 is 1.37 bits per heavy atom. The van der Waals surface area contributed by atoms with Crippen molar-refractivity contribution in [2.24, 2.45) is 5.73 Å². The van der Waals surface area contributed by atoms with Crippen LogP contribution in [0.2, 0.25) is 0 Å². The Morgan fingerprint density at radius 2 is 2.16 bits per heavy atom. The Balaban J connectivity index is 1.68. The summed E-state index contributed by atoms with van der Waals surface area (Å²) in [5.74, 6) is 0. The normalized spacial score (nSPS) is 25.2. The van der Waals surface area contributed by atoms with E-state index in [-0.39, 0.29) is 11.6 Å². The minimum atomic E-state index is 0.114. The fourth-order valence-electron chi connectivity index (χ4n) is 2.55. The third-order valence-corrected chi connectivity index (χ3v) is 3.88. The summed E-state index contributed by atoms with van der Waals surface area (Å²) in [4.78, 5) is 0. The lowest BCUT2D eigenvalue weighted by Crippen LogP contribution is -2.52. The van der Waals surface area contributed by atoms with Crippen molar-refractivity contribution in [1.29, 1.82) is 0 Å². The summed E-state index contributed by atoms with van der Waals surface area (Å²) in [6.45, 7) is 4.80. The zero-order chi connectivity index (χ0) is 13.6. The van der Waals surface area contributed by atoms with Gasteiger partial charge in [-0.1, -0.05) is 30.3 Å². The van der Waals surface area contributed by atoms with E-state index in [9.17, 15) is 0 Å². The van der Waals surface area contributed by atoms with Crippen LogP contribution in [0.25, 0.3) is 0 Å². The molecule has 0 spiro atoms. The van der Waals surface area contributed by atoms with Gasteiger partial charge in [-0.05, 0) is 38.2 Å². The number of aryl methyl sites for hydroxylation is 1. The Hall–Kier alpha value is -0.900. The number of rotatable bonds is 6. The van der Waals surface area contributed by atoms with Crippen LogP contribution in [0.1, 0.15) is 31.7 Å². The highest BCUT2D eigenvalue weighted by atomic mass is 16.5. The van der Waals surface area contributed by atoms with Crippen LogP contribution in [0.4, 0.5) is 0 Å². The SMILES string of the molecule is CC1(NCC(N)CCc2ccccc2)CCCOC1. The molecule has 1 aromatic rings. The maximum atomic E-state index is 6.19. The largest absolute Gasteiger partial charge is 0.380 e. The van der Waals surface area contributed by atoms with Crippen LogP contribution in [0.5, 0.6) is 0 Å². The van der Waals surface area contributed by atoms with E-state index in [0.29, 0.717) is 0 Å². The van der Waals surface area contributed by atoms with Crippen LogP contribution in [-0.4, -0.2) is 31.3 Å². The van der Waals surface area contributed by atoms with Crippen LogP contribution in [0.15, 0.2) is 30.3 Å². The zero-order valence-corrected chi connectivity index (χ0v) is 11.9. The average molecular weight is 262 g/mol. The van der Waals surface area contributed by atoms with Gasteiger partial charge >= 0.3 is 0 Å². The molecule has 3 N–H and O–H groups in total. The fourth-order valence-corrected chi connectivity index (χ4v) is 2.55. The van der Waals surface area contributed by atoms with E-state index in [0.717, 1.165) is 39.0 Å². The van der Waals surface area contributed by atoms with Crippen molar-refractivity contribution < 1.29 is 4.74 Å². The van der Waals surface area contributed by atoms with Gasteiger partial charge in [-0.15, -0.1) is 0 Å². The molecule has 2 atom stereocenters. The Bertz CT molecular complexity index is 360. The van der Waals surface area contributed by atoms with Gasteiger partial charge in [0.15, 0.2) is 0 Å². The summed E-state index contributed by atoms with van der Waals surface area (Å²) in [6, 6.07) is 10.7. The van der Waals surface area contributed by atoms with Crippen LogP contribution in [-0.2, 0) is 11.2 Å². The number of nitrogens with one attached hydrogen (secondary N) is 1. The highest BCUT2D eigenvalue weighted by molar-refractivity contribution is 5.14. The van der Waals surface area contributed by atoms with Gasteiger partial charge in [0.1, 0.15) is 0 Å². The molecule has 0 aliphatic carbocycles. The molecule has 106 valence electrons. The molecule has 0 saturated carbocycles. The summed E-state index contributed by atoms with van der Waals surface area (Å²) >= 11 is 0. The van der Waals surface area contributed by atoms with Gasteiger partial charge in [-0.2, -0.15) is 0 Å². The first-order valence-electron chi connectivity index (χ1n) is 7.30. The summed E-state index contributed by atoms with van der Waals surface area (Å²) in [5, 5.41) is 3.58. The Labute approximate surface area is 116 Å². The molecule has 0 bridgehead atoms. The molecule has 3 nitrogen and oxygen atoms in total. The van der Waals surface area contributed by atoms with E-state index in [1.54, 1.807) is 0 Å². The van der Waals surface area contributed by atoms with Crippen LogP contribution in [0.3, 0.4) is 0 Å². The molecule has 19 heavy (non-hydrogen) atoms. The van der Waals surface area contributed by atoms with E-state index in [4.69, 9.17) is 10.5 Å². The molecule has 1 aliphatic heterocycles. The molecule has 1 fully saturated rings. The number of ether oxygens (including phenoxy) is 1. The smallest absolute Gasteiger partial charge is 0.0645 e. The molecule has 1 heterocycles. The number of nitrogens with two attached hydrogens (primary N) is 1. The van der Waals surface area contributed by atoms with Crippen molar-refractivity contribution >= 4 is 0 Å². The number of hydrogen-bond acceptors (Lipinski definition) is 3. The topological polar surface area (TPSA) is 47.3 Å². The quantitative estimate of drug-likeness (QED) is 0.825. The molecular weight excluding hydrogens is 236 g/mol. The van der Waals surface area contributed by atoms with Crippen molar-refractivity contribution in [1.82, 2.24) is 5.32 Å². The predicted molar refractivity (Wildman–Crippen MR) is 79.2 cm³/mol. The molecule has 2 rings (SSSR count). The van der Waals surface area contributed by atoms with Crippen molar-refractivity contribution in [3.05, 3.63) is 35.9 Å². The number of benzene rings is 1. The van der Waals surface area contributed by atoms with E-state index in [1.807, 2.05) is 0 Å². The molecular formula is C16H26N2O. The maximum absolute atomic E-state index is 6.19. The van der Waals surface area contributed by atoms with Crippen molar-refractivity contribution in [3.63, 3.8) is 0 Å². The van der Waals surface area contributed by atoms with Gasteiger partial charge in [0, 0.05) is 24.7 Å². The third-order valence-electron chi connectivity index (χ3n) is 3.88. The lowest BCUT2D eigenvalue weighted by Gasteiger charge is -2.35. The zero-order valence-electron chi connectivity index (χ0n) is 11.9. The van der Waals surface area contributed by atoms with Crippen molar-refractivity contribution in [2.45, 2.75) is 44.2 Å². The highest BCUT2D eigenvalue weighted by Crippen LogP contribution is 2.18. The minimum absolute atomic E-state index is 0.114. The molecule has 0 aromatic heterocycles. The fraction of sp³-hybridized carbons (Fsp3) is 0.625. The first-order chi connectivity index (χ1) is 9.18. The van der Waals surface area contributed by atoms with Crippen molar-refractivity contribution in [3.8, 4) is 0 Å². The van der Waals surface area contributed by atoms with Crippen molar-refractivity contribution in [2.75, 3.05) is 19.8 Å². The molecule has 1 saturated heterocycles. The standard InChI is InChI=1S/C16H26N2O/c1-16(10-5-11-19-13-16)18-12-15(17)9-8-14-6-3-2-4-7-14/h2-4,6-7,15,18H,5,8-13,17H2,1H3. The lowest BCUT2D eigenvalue weighted by molar-refractivity contribution is 0.0280. The Kier molecular flexibility index (Phi) is 5.37. The predicted octanol–water partition coefficient (Wildman–Crippen LogP) is 2.11. The second kappa shape index (κ2) is 7.04. The van der Waals surface area contributed by atoms with Crippen LogP contribution < -0.4 is 11.1 Å². The molecule has 0 radical (unpaired) electrons.